The molecule has 0 saturated heterocycles. The van der Waals surface area contributed by atoms with Crippen molar-refractivity contribution >= 4 is 17.2 Å². The quantitative estimate of drug-likeness (QED) is 0.476. The molecule has 0 spiro atoms. The number of rotatable bonds is 6. The molecule has 0 aliphatic carbocycles. The number of para-hydroxylation sites is 1. The van der Waals surface area contributed by atoms with Crippen LogP contribution < -0.4 is 10.1 Å². The van der Waals surface area contributed by atoms with Gasteiger partial charge in [-0.25, -0.2) is 9.97 Å². The highest BCUT2D eigenvalue weighted by Crippen LogP contribution is 2.28. The van der Waals surface area contributed by atoms with Gasteiger partial charge in [0, 0.05) is 22.8 Å². The van der Waals surface area contributed by atoms with Gasteiger partial charge in [-0.3, -0.25) is 0 Å². The summed E-state index contributed by atoms with van der Waals surface area (Å²) < 4.78 is 5.82. The van der Waals surface area contributed by atoms with E-state index in [1.807, 2.05) is 60.8 Å². The second-order valence-electron chi connectivity index (χ2n) is 5.97. The van der Waals surface area contributed by atoms with Crippen molar-refractivity contribution in [1.82, 2.24) is 9.97 Å². The van der Waals surface area contributed by atoms with Crippen LogP contribution in [0.1, 0.15) is 10.4 Å². The maximum atomic E-state index is 8.81. The van der Waals surface area contributed by atoms with Crippen LogP contribution in [0.5, 0.6) is 11.5 Å². The van der Waals surface area contributed by atoms with Crippen molar-refractivity contribution in [2.24, 2.45) is 0 Å². The van der Waals surface area contributed by atoms with Gasteiger partial charge in [0.25, 0.3) is 0 Å². The van der Waals surface area contributed by atoms with Crippen molar-refractivity contribution in [1.29, 1.82) is 5.26 Å². The van der Waals surface area contributed by atoms with E-state index in [9.17, 15) is 0 Å². The van der Waals surface area contributed by atoms with E-state index >= 15 is 0 Å². The number of hydrogen-bond donors (Lipinski definition) is 1. The Morgan fingerprint density at radius 3 is 2.39 bits per heavy atom. The summed E-state index contributed by atoms with van der Waals surface area (Å²) in [5.41, 5.74) is 1.60. The molecule has 0 aliphatic heterocycles. The maximum absolute atomic E-state index is 8.81. The minimum absolute atomic E-state index is 0.547. The predicted octanol–water partition coefficient (Wildman–Crippen LogP) is 5.48. The third-order valence-electron chi connectivity index (χ3n) is 3.97. The molecule has 1 N–H and O–H groups in total. The van der Waals surface area contributed by atoms with E-state index in [2.05, 4.69) is 21.4 Å². The summed E-state index contributed by atoms with van der Waals surface area (Å²) in [6.07, 6.45) is 3.42. The number of pyridine rings is 1. The molecule has 4 rings (SSSR count). The molecule has 0 bridgehead atoms. The molecule has 5 nitrogen and oxygen atoms in total. The molecule has 136 valence electrons. The van der Waals surface area contributed by atoms with Crippen LogP contribution in [0.2, 0.25) is 0 Å². The molecule has 0 aliphatic rings. The number of nitrogens with zero attached hydrogens (tertiary/aromatic N) is 3. The average molecular weight is 384 g/mol. The third kappa shape index (κ3) is 4.34. The first-order valence-electron chi connectivity index (χ1n) is 8.68. The molecule has 6 heteroatoms. The lowest BCUT2D eigenvalue weighted by Crippen LogP contribution is -1.99. The normalized spacial score (nSPS) is 10.2. The second-order valence-corrected chi connectivity index (χ2v) is 7.08. The lowest BCUT2D eigenvalue weighted by molar-refractivity contribution is 0.483. The predicted molar refractivity (Wildman–Crippen MR) is 110 cm³/mol. The molecule has 0 radical (unpaired) electrons. The van der Waals surface area contributed by atoms with Crippen LogP contribution >= 0.6 is 11.3 Å². The maximum Gasteiger partial charge on any atom is 0.127 e. The largest absolute Gasteiger partial charge is 0.457 e. The van der Waals surface area contributed by atoms with E-state index in [4.69, 9.17) is 10.00 Å². The highest BCUT2D eigenvalue weighted by Gasteiger charge is 2.06. The number of nitriles is 1. The molecule has 28 heavy (non-hydrogen) atoms. The molecule has 0 amide bonds. The molecule has 2 aromatic carbocycles. The molecule has 0 saturated carbocycles. The standard InChI is InChI=1S/C22H16N4OS/c23-12-16-6-11-21(24-13-16)25-14-20-15-26-22(28-20)17-7-9-19(10-8-17)27-18-4-2-1-3-5-18/h1-11,13,15H,14H2,(H,24,25). The number of anilines is 1. The van der Waals surface area contributed by atoms with Gasteiger partial charge in [0.1, 0.15) is 28.4 Å². The van der Waals surface area contributed by atoms with Crippen LogP contribution in [0.15, 0.2) is 79.1 Å². The highest BCUT2D eigenvalue weighted by molar-refractivity contribution is 7.15. The Kier molecular flexibility index (Phi) is 5.27. The molecular formula is C22H16N4OS. The minimum atomic E-state index is 0.547. The number of thiazole rings is 1. The smallest absolute Gasteiger partial charge is 0.127 e. The number of benzene rings is 2. The molecule has 0 unspecified atom stereocenters. The van der Waals surface area contributed by atoms with Gasteiger partial charge in [0.15, 0.2) is 0 Å². The van der Waals surface area contributed by atoms with Crippen molar-refractivity contribution in [3.05, 3.63) is 89.6 Å². The summed E-state index contributed by atoms with van der Waals surface area (Å²) in [5.74, 6) is 2.34. The zero-order chi connectivity index (χ0) is 19.2. The first kappa shape index (κ1) is 17.7. The number of hydrogen-bond acceptors (Lipinski definition) is 6. The summed E-state index contributed by atoms with van der Waals surface area (Å²) in [4.78, 5) is 9.83. The van der Waals surface area contributed by atoms with E-state index in [1.54, 1.807) is 29.7 Å². The van der Waals surface area contributed by atoms with Gasteiger partial charge in [0.2, 0.25) is 0 Å². The Morgan fingerprint density at radius 1 is 0.893 bits per heavy atom. The fourth-order valence-electron chi connectivity index (χ4n) is 2.56. The first-order chi connectivity index (χ1) is 13.8. The topological polar surface area (TPSA) is 70.8 Å². The number of aromatic nitrogens is 2. The monoisotopic (exact) mass is 384 g/mol. The molecule has 2 heterocycles. The Labute approximate surface area is 166 Å². The first-order valence-corrected chi connectivity index (χ1v) is 9.50. The van der Waals surface area contributed by atoms with Gasteiger partial charge in [-0.15, -0.1) is 11.3 Å². The van der Waals surface area contributed by atoms with Crippen LogP contribution in [-0.2, 0) is 6.54 Å². The van der Waals surface area contributed by atoms with Crippen molar-refractivity contribution in [3.8, 4) is 28.1 Å². The second kappa shape index (κ2) is 8.33. The van der Waals surface area contributed by atoms with Crippen molar-refractivity contribution in [3.63, 3.8) is 0 Å². The molecule has 0 fully saturated rings. The van der Waals surface area contributed by atoms with Crippen LogP contribution in [0.4, 0.5) is 5.82 Å². The zero-order valence-electron chi connectivity index (χ0n) is 14.9. The van der Waals surface area contributed by atoms with Crippen molar-refractivity contribution < 1.29 is 4.74 Å². The lowest BCUT2D eigenvalue weighted by atomic mass is 10.2. The molecule has 2 aromatic heterocycles. The Morgan fingerprint density at radius 2 is 1.68 bits per heavy atom. The Balaban J connectivity index is 1.38. The zero-order valence-corrected chi connectivity index (χ0v) is 15.7. The molecule has 0 atom stereocenters. The van der Waals surface area contributed by atoms with Crippen molar-refractivity contribution in [2.45, 2.75) is 6.54 Å². The third-order valence-corrected chi connectivity index (χ3v) is 5.02. The Hall–Kier alpha value is -3.69. The van der Waals surface area contributed by atoms with E-state index in [0.29, 0.717) is 12.1 Å². The van der Waals surface area contributed by atoms with Gasteiger partial charge in [-0.05, 0) is 48.5 Å². The molecule has 4 aromatic rings. The minimum Gasteiger partial charge on any atom is -0.457 e. The van der Waals surface area contributed by atoms with E-state index in [0.717, 1.165) is 32.8 Å². The fraction of sp³-hybridized carbons (Fsp3) is 0.0455. The van der Waals surface area contributed by atoms with Gasteiger partial charge < -0.3 is 10.1 Å². The summed E-state index contributed by atoms with van der Waals surface area (Å²) in [5, 5.41) is 13.0. The van der Waals surface area contributed by atoms with Crippen molar-refractivity contribution in [2.75, 3.05) is 5.32 Å². The molecular weight excluding hydrogens is 368 g/mol. The van der Waals surface area contributed by atoms with Gasteiger partial charge in [-0.1, -0.05) is 18.2 Å². The van der Waals surface area contributed by atoms with Crippen LogP contribution in [0.3, 0.4) is 0 Å². The highest BCUT2D eigenvalue weighted by atomic mass is 32.1. The van der Waals surface area contributed by atoms with Gasteiger partial charge in [-0.2, -0.15) is 5.26 Å². The number of ether oxygens (including phenoxy) is 1. The SMILES string of the molecule is N#Cc1ccc(NCc2cnc(-c3ccc(Oc4ccccc4)cc3)s2)nc1. The fourth-order valence-corrected chi connectivity index (χ4v) is 3.41. The Bertz CT molecular complexity index is 1080. The summed E-state index contributed by atoms with van der Waals surface area (Å²) in [7, 11) is 0. The van der Waals surface area contributed by atoms with Crippen LogP contribution in [-0.4, -0.2) is 9.97 Å². The van der Waals surface area contributed by atoms with Crippen LogP contribution in [0, 0.1) is 11.3 Å². The average Bonchev–Trinajstić information content (AvgIpc) is 3.23. The number of nitrogens with one attached hydrogen (secondary N) is 1. The van der Waals surface area contributed by atoms with Gasteiger partial charge in [0.05, 0.1) is 12.1 Å². The lowest BCUT2D eigenvalue weighted by Gasteiger charge is -2.05. The van der Waals surface area contributed by atoms with E-state index in [-0.39, 0.29) is 0 Å². The van der Waals surface area contributed by atoms with Gasteiger partial charge >= 0.3 is 0 Å². The van der Waals surface area contributed by atoms with E-state index < -0.39 is 0 Å². The summed E-state index contributed by atoms with van der Waals surface area (Å²) in [6, 6.07) is 23.2. The summed E-state index contributed by atoms with van der Waals surface area (Å²) in [6.45, 7) is 0.631. The van der Waals surface area contributed by atoms with Crippen LogP contribution in [0.25, 0.3) is 10.6 Å². The van der Waals surface area contributed by atoms with E-state index in [1.165, 1.54) is 0 Å². The summed E-state index contributed by atoms with van der Waals surface area (Å²) >= 11 is 1.63.